The molecule has 1 aliphatic heterocycles. The van der Waals surface area contributed by atoms with Crippen LogP contribution in [0.5, 0.6) is 0 Å². The molecule has 17 heavy (non-hydrogen) atoms. The zero-order chi connectivity index (χ0) is 12.3. The van der Waals surface area contributed by atoms with E-state index in [9.17, 15) is 4.79 Å². The first-order chi connectivity index (χ1) is 8.24. The predicted octanol–water partition coefficient (Wildman–Crippen LogP) is 0.854. The summed E-state index contributed by atoms with van der Waals surface area (Å²) in [5.41, 5.74) is 1.66. The molecule has 2 rings (SSSR count). The molecule has 1 fully saturated rings. The molecule has 0 bridgehead atoms. The van der Waals surface area contributed by atoms with E-state index in [1.807, 2.05) is 4.90 Å². The number of hydrogen-bond donors (Lipinski definition) is 1. The molecule has 94 valence electrons. The van der Waals surface area contributed by atoms with Gasteiger partial charge in [-0.3, -0.25) is 4.79 Å². The largest absolute Gasteiger partial charge is 0.481 e. The summed E-state index contributed by atoms with van der Waals surface area (Å²) < 4.78 is 5.29. The van der Waals surface area contributed by atoms with Crippen LogP contribution in [0.25, 0.3) is 0 Å². The first kappa shape index (κ1) is 12.3. The number of carboxylic acid groups (broad SMARTS) is 1. The van der Waals surface area contributed by atoms with Crippen LogP contribution < -0.4 is 4.90 Å². The Labute approximate surface area is 103 Å². The second-order valence-electron chi connectivity index (χ2n) is 3.96. The Balaban J connectivity index is 2.18. The van der Waals surface area contributed by atoms with Crippen LogP contribution in [0, 0.1) is 5.92 Å². The first-order valence-corrected chi connectivity index (χ1v) is 6.45. The van der Waals surface area contributed by atoms with E-state index in [-0.39, 0.29) is 12.6 Å². The molecule has 1 saturated heterocycles. The number of aromatic nitrogens is 2. The molecule has 2 unspecified atom stereocenters. The normalized spacial score (nSPS) is 23.8. The minimum absolute atomic E-state index is 0.139. The van der Waals surface area contributed by atoms with Gasteiger partial charge in [0.2, 0.25) is 5.13 Å². The van der Waals surface area contributed by atoms with Gasteiger partial charge in [0.15, 0.2) is 0 Å². The van der Waals surface area contributed by atoms with Crippen LogP contribution in [0.4, 0.5) is 5.13 Å². The van der Waals surface area contributed by atoms with Gasteiger partial charge in [0.25, 0.3) is 0 Å². The molecule has 2 atom stereocenters. The smallest absolute Gasteiger partial charge is 0.311 e. The molecule has 0 saturated carbocycles. The lowest BCUT2D eigenvalue weighted by Crippen LogP contribution is -2.43. The van der Waals surface area contributed by atoms with Crippen molar-refractivity contribution in [2.75, 3.05) is 24.7 Å². The average molecular weight is 257 g/mol. The maximum atomic E-state index is 11.2. The highest BCUT2D eigenvalue weighted by Gasteiger charge is 2.38. The summed E-state index contributed by atoms with van der Waals surface area (Å²) >= 11 is 1.43. The van der Waals surface area contributed by atoms with Crippen molar-refractivity contribution < 1.29 is 14.6 Å². The predicted molar refractivity (Wildman–Crippen MR) is 63.3 cm³/mol. The Kier molecular flexibility index (Phi) is 3.90. The highest BCUT2D eigenvalue weighted by atomic mass is 32.1. The number of carboxylic acids is 1. The van der Waals surface area contributed by atoms with Crippen molar-refractivity contribution in [3.63, 3.8) is 0 Å². The number of rotatable bonds is 5. The molecule has 0 aromatic carbocycles. The van der Waals surface area contributed by atoms with Gasteiger partial charge in [-0.1, -0.05) is 18.3 Å². The van der Waals surface area contributed by atoms with E-state index in [4.69, 9.17) is 9.84 Å². The molecule has 0 amide bonds. The van der Waals surface area contributed by atoms with Crippen molar-refractivity contribution >= 4 is 22.4 Å². The van der Waals surface area contributed by atoms with Crippen molar-refractivity contribution in [2.24, 2.45) is 5.92 Å². The lowest BCUT2D eigenvalue weighted by molar-refractivity contribution is -0.141. The minimum atomic E-state index is -0.807. The molecule has 1 aliphatic rings. The van der Waals surface area contributed by atoms with E-state index >= 15 is 0 Å². The Bertz CT molecular complexity index is 371. The zero-order valence-electron chi connectivity index (χ0n) is 9.57. The molecule has 2 heterocycles. The molecule has 0 spiro atoms. The third-order valence-electron chi connectivity index (χ3n) is 2.83. The van der Waals surface area contributed by atoms with E-state index in [1.54, 1.807) is 5.51 Å². The summed E-state index contributed by atoms with van der Waals surface area (Å²) in [6.45, 7) is 3.54. The van der Waals surface area contributed by atoms with Crippen molar-refractivity contribution in [3.8, 4) is 0 Å². The van der Waals surface area contributed by atoms with Crippen molar-refractivity contribution in [3.05, 3.63) is 5.51 Å². The lowest BCUT2D eigenvalue weighted by Gasteiger charge is -2.29. The average Bonchev–Trinajstić information content (AvgIpc) is 2.96. The SMILES string of the molecule is CCCN(c1nncs1)C1COCC1C(=O)O. The summed E-state index contributed by atoms with van der Waals surface area (Å²) in [6.07, 6.45) is 0.933. The summed E-state index contributed by atoms with van der Waals surface area (Å²) in [5, 5.41) is 17.8. The van der Waals surface area contributed by atoms with Gasteiger partial charge in [-0.05, 0) is 6.42 Å². The first-order valence-electron chi connectivity index (χ1n) is 5.57. The van der Waals surface area contributed by atoms with Gasteiger partial charge in [-0.25, -0.2) is 0 Å². The molecular weight excluding hydrogens is 242 g/mol. The second kappa shape index (κ2) is 5.42. The fourth-order valence-corrected chi connectivity index (χ4v) is 2.67. The summed E-state index contributed by atoms with van der Waals surface area (Å²) in [4.78, 5) is 13.2. The van der Waals surface area contributed by atoms with Crippen LogP contribution in [0.2, 0.25) is 0 Å². The molecule has 1 N–H and O–H groups in total. The van der Waals surface area contributed by atoms with E-state index in [2.05, 4.69) is 17.1 Å². The number of aliphatic carboxylic acids is 1. The molecule has 1 aromatic heterocycles. The Morgan fingerprint density at radius 1 is 1.71 bits per heavy atom. The maximum Gasteiger partial charge on any atom is 0.311 e. The highest BCUT2D eigenvalue weighted by Crippen LogP contribution is 2.26. The Morgan fingerprint density at radius 3 is 3.12 bits per heavy atom. The fraction of sp³-hybridized carbons (Fsp3) is 0.700. The zero-order valence-corrected chi connectivity index (χ0v) is 10.4. The monoisotopic (exact) mass is 257 g/mol. The number of nitrogens with zero attached hydrogens (tertiary/aromatic N) is 3. The van der Waals surface area contributed by atoms with Crippen LogP contribution in [0.1, 0.15) is 13.3 Å². The van der Waals surface area contributed by atoms with E-state index in [1.165, 1.54) is 11.3 Å². The van der Waals surface area contributed by atoms with Gasteiger partial charge < -0.3 is 14.7 Å². The fourth-order valence-electron chi connectivity index (χ4n) is 2.02. The number of carbonyl (C=O) groups is 1. The molecule has 1 aromatic rings. The number of hydrogen-bond acceptors (Lipinski definition) is 6. The van der Waals surface area contributed by atoms with Crippen LogP contribution in [-0.4, -0.2) is 47.1 Å². The molecule has 0 aliphatic carbocycles. The highest BCUT2D eigenvalue weighted by molar-refractivity contribution is 7.13. The number of ether oxygens (including phenoxy) is 1. The summed E-state index contributed by atoms with van der Waals surface area (Å²) in [7, 11) is 0. The third-order valence-corrected chi connectivity index (χ3v) is 3.55. The topological polar surface area (TPSA) is 75.5 Å². The maximum absolute atomic E-state index is 11.2. The van der Waals surface area contributed by atoms with Crippen molar-refractivity contribution in [1.82, 2.24) is 10.2 Å². The minimum Gasteiger partial charge on any atom is -0.481 e. The van der Waals surface area contributed by atoms with Crippen molar-refractivity contribution in [2.45, 2.75) is 19.4 Å². The van der Waals surface area contributed by atoms with Crippen LogP contribution in [0.15, 0.2) is 5.51 Å². The van der Waals surface area contributed by atoms with E-state index in [0.29, 0.717) is 6.61 Å². The van der Waals surface area contributed by atoms with Gasteiger partial charge in [0.1, 0.15) is 11.4 Å². The quantitative estimate of drug-likeness (QED) is 0.843. The third kappa shape index (κ3) is 2.55. The van der Waals surface area contributed by atoms with Gasteiger partial charge in [-0.2, -0.15) is 0 Å². The van der Waals surface area contributed by atoms with Crippen LogP contribution in [0.3, 0.4) is 0 Å². The van der Waals surface area contributed by atoms with E-state index < -0.39 is 11.9 Å². The summed E-state index contributed by atoms with van der Waals surface area (Å²) in [6, 6.07) is -0.139. The molecule has 6 nitrogen and oxygen atoms in total. The molecular formula is C10H15N3O3S. The van der Waals surface area contributed by atoms with Gasteiger partial charge in [0, 0.05) is 6.54 Å². The van der Waals surface area contributed by atoms with Gasteiger partial charge in [-0.15, -0.1) is 10.2 Å². The van der Waals surface area contributed by atoms with Crippen LogP contribution >= 0.6 is 11.3 Å². The standard InChI is InChI=1S/C10H15N3O3S/c1-2-3-13(10-12-11-6-17-10)8-5-16-4-7(8)9(14)15/h6-8H,2-5H2,1H3,(H,14,15). The number of anilines is 1. The van der Waals surface area contributed by atoms with Crippen molar-refractivity contribution in [1.29, 1.82) is 0 Å². The van der Waals surface area contributed by atoms with E-state index in [0.717, 1.165) is 18.1 Å². The lowest BCUT2D eigenvalue weighted by atomic mass is 10.0. The van der Waals surface area contributed by atoms with Crippen LogP contribution in [-0.2, 0) is 9.53 Å². The molecule has 7 heteroatoms. The Morgan fingerprint density at radius 2 is 2.53 bits per heavy atom. The summed E-state index contributed by atoms with van der Waals surface area (Å²) in [5.74, 6) is -1.29. The molecule has 0 radical (unpaired) electrons. The second-order valence-corrected chi connectivity index (χ2v) is 4.78. The van der Waals surface area contributed by atoms with Gasteiger partial charge in [0.05, 0.1) is 19.3 Å². The van der Waals surface area contributed by atoms with Gasteiger partial charge >= 0.3 is 5.97 Å². The Hall–Kier alpha value is -1.21.